The third-order valence-electron chi connectivity index (χ3n) is 11.1. The molecule has 6 aromatic rings. The molecule has 0 atom stereocenters. The van der Waals surface area contributed by atoms with Gasteiger partial charge in [0.2, 0.25) is 0 Å². The van der Waals surface area contributed by atoms with Crippen molar-refractivity contribution in [3.63, 3.8) is 0 Å². The molecule has 3 nitrogen and oxygen atoms in total. The number of benzene rings is 6. The van der Waals surface area contributed by atoms with Crippen LogP contribution in [-0.4, -0.2) is 14.8 Å². The Balaban J connectivity index is 1.09. The molecule has 1 aliphatic rings. The van der Waals surface area contributed by atoms with Crippen LogP contribution in [0, 0.1) is 27.7 Å². The van der Waals surface area contributed by atoms with Crippen molar-refractivity contribution in [1.29, 1.82) is 0 Å². The van der Waals surface area contributed by atoms with Gasteiger partial charge in [0.25, 0.3) is 0 Å². The van der Waals surface area contributed by atoms with Crippen LogP contribution in [0.25, 0.3) is 25.7 Å². The molecule has 0 aliphatic carbocycles. The Morgan fingerprint density at radius 3 is 1.94 bits per heavy atom. The number of aromatic hydroxyl groups is 1. The molecule has 0 amide bonds. The standard InChI is InChI=1S/C52H47Cl4NO2S4/c1-8-34-15-19-37(20-16-34)50-51(41-25-31(3)12-14-33(41)5)63-57(62-50)61-49(48(60)40-24-30(2)11-13-32(40)4)36-21-17-35(18-22-36)10-9-23-59-47-44(55)28-39(29-45(47)56)52(6,7)38-26-42(53)46(58)43(54)27-38/h8,11-22,24-29,58,60H,1,9-10,23H2,2-7H3/b49-48-. The van der Waals surface area contributed by atoms with Crippen molar-refractivity contribution in [2.75, 3.05) is 6.61 Å². The number of nitrogens with zero attached hydrogens (tertiary/aromatic N) is 1. The summed E-state index contributed by atoms with van der Waals surface area (Å²) in [6.45, 7) is 17.0. The van der Waals surface area contributed by atoms with Crippen LogP contribution in [0.15, 0.2) is 116 Å². The molecule has 63 heavy (non-hydrogen) atoms. The first-order valence-corrected chi connectivity index (χ1v) is 24.6. The van der Waals surface area contributed by atoms with Gasteiger partial charge in [0.05, 0.1) is 26.7 Å². The lowest BCUT2D eigenvalue weighted by Crippen LogP contribution is -2.19. The first-order chi connectivity index (χ1) is 30.0. The molecule has 1 heterocycles. The maximum absolute atomic E-state index is 10.1. The number of rotatable bonds is 14. The van der Waals surface area contributed by atoms with Crippen LogP contribution in [0.5, 0.6) is 11.5 Å². The van der Waals surface area contributed by atoms with Crippen LogP contribution >= 0.6 is 94.9 Å². The van der Waals surface area contributed by atoms with Gasteiger partial charge in [-0.15, -0.1) is 15.7 Å². The van der Waals surface area contributed by atoms with Crippen LogP contribution in [0.2, 0.25) is 20.1 Å². The van der Waals surface area contributed by atoms with E-state index in [0.717, 1.165) is 50.5 Å². The normalized spacial score (nSPS) is 13.7. The number of aryl methyl sites for hydroxylation is 5. The van der Waals surface area contributed by atoms with Crippen molar-refractivity contribution in [3.05, 3.63) is 203 Å². The summed E-state index contributed by atoms with van der Waals surface area (Å²) in [6.07, 6.45) is 3.44. The van der Waals surface area contributed by atoms with Gasteiger partial charge in [0.15, 0.2) is 11.5 Å². The van der Waals surface area contributed by atoms with Crippen LogP contribution < -0.4 is 4.74 Å². The molecule has 0 aromatic heterocycles. The third-order valence-corrected chi connectivity index (χ3v) is 16.7. The van der Waals surface area contributed by atoms with Crippen molar-refractivity contribution >= 4 is 121 Å². The van der Waals surface area contributed by atoms with Gasteiger partial charge in [-0.2, -0.15) is 0 Å². The number of hydrogen-bond donors (Lipinski definition) is 2. The molecule has 0 fully saturated rings. The van der Waals surface area contributed by atoms with E-state index in [0.29, 0.717) is 22.4 Å². The summed E-state index contributed by atoms with van der Waals surface area (Å²) in [5.41, 5.74) is 12.8. The van der Waals surface area contributed by atoms with E-state index in [1.165, 1.54) is 48.8 Å². The summed E-state index contributed by atoms with van der Waals surface area (Å²) in [7, 11) is 0. The molecule has 0 radical (unpaired) electrons. The Bertz CT molecular complexity index is 2720. The van der Waals surface area contributed by atoms with Crippen LogP contribution in [0.3, 0.4) is 0 Å². The molecule has 324 valence electrons. The van der Waals surface area contributed by atoms with Gasteiger partial charge in [0.1, 0.15) is 0 Å². The largest absolute Gasteiger partial charge is 0.505 e. The third kappa shape index (κ3) is 10.9. The number of thiol groups is 1. The Labute approximate surface area is 410 Å². The highest BCUT2D eigenvalue weighted by Gasteiger charge is 2.31. The minimum Gasteiger partial charge on any atom is -0.505 e. The van der Waals surface area contributed by atoms with Crippen molar-refractivity contribution < 1.29 is 9.84 Å². The summed E-state index contributed by atoms with van der Waals surface area (Å²) in [5.74, 6) is 0.297. The summed E-state index contributed by atoms with van der Waals surface area (Å²) in [6, 6.07) is 37.7. The second kappa shape index (κ2) is 20.4. The number of phenols is 1. The van der Waals surface area contributed by atoms with Crippen molar-refractivity contribution in [2.45, 2.75) is 59.8 Å². The average Bonchev–Trinajstić information content (AvgIpc) is 3.69. The maximum atomic E-state index is 10.1. The van der Waals surface area contributed by atoms with E-state index in [2.05, 4.69) is 122 Å². The summed E-state index contributed by atoms with van der Waals surface area (Å²) < 4.78 is 8.49. The van der Waals surface area contributed by atoms with E-state index >= 15 is 0 Å². The van der Waals surface area contributed by atoms with Crippen LogP contribution in [0.4, 0.5) is 0 Å². The van der Waals surface area contributed by atoms with Crippen LogP contribution in [-0.2, 0) is 11.8 Å². The fourth-order valence-electron chi connectivity index (χ4n) is 7.24. The van der Waals surface area contributed by atoms with Gasteiger partial charge >= 0.3 is 0 Å². The van der Waals surface area contributed by atoms with Gasteiger partial charge in [-0.25, -0.2) is 0 Å². The first kappa shape index (κ1) is 47.6. The Morgan fingerprint density at radius 2 is 1.32 bits per heavy atom. The quantitative estimate of drug-likeness (QED) is 0.0490. The second-order valence-corrected chi connectivity index (χ2v) is 21.8. The number of ether oxygens (including phenoxy) is 1. The lowest BCUT2D eigenvalue weighted by atomic mass is 9.78. The monoisotopic (exact) mass is 985 g/mol. The highest BCUT2D eigenvalue weighted by Crippen LogP contribution is 2.60. The second-order valence-electron chi connectivity index (χ2n) is 16.1. The molecular formula is C52H47Cl4NO2S4. The van der Waals surface area contributed by atoms with Crippen molar-refractivity contribution in [2.24, 2.45) is 0 Å². The van der Waals surface area contributed by atoms with E-state index in [9.17, 15) is 5.11 Å². The molecule has 0 unspecified atom stereocenters. The van der Waals surface area contributed by atoms with E-state index in [-0.39, 0.29) is 15.8 Å². The fraction of sp³-hybridized carbons (Fsp3) is 0.192. The van der Waals surface area contributed by atoms with Crippen molar-refractivity contribution in [1.82, 2.24) is 3.12 Å². The molecule has 1 aliphatic heterocycles. The van der Waals surface area contributed by atoms with Gasteiger partial charge in [-0.3, -0.25) is 0 Å². The van der Waals surface area contributed by atoms with Gasteiger partial charge in [0, 0.05) is 25.0 Å². The Hall–Kier alpha value is -3.34. The summed E-state index contributed by atoms with van der Waals surface area (Å²) in [4.78, 5) is 4.45. The molecule has 1 N–H and O–H groups in total. The van der Waals surface area contributed by atoms with Gasteiger partial charge in [-0.05, 0) is 156 Å². The Kier molecular flexibility index (Phi) is 15.5. The molecule has 6 aromatic carbocycles. The van der Waals surface area contributed by atoms with Gasteiger partial charge in [-0.1, -0.05) is 169 Å². The highest BCUT2D eigenvalue weighted by molar-refractivity contribution is 8.36. The Morgan fingerprint density at radius 1 is 0.746 bits per heavy atom. The minimum atomic E-state index is -0.563. The SMILES string of the molecule is C=Cc1ccc(C2=C(c3cc(C)ccc3C)SN(S/C(=C(\S)c3cc(C)ccc3C)c3ccc(CCCOc4c(Cl)cc(C(C)(C)c5cc(Cl)c(O)c(Cl)c5)cc4Cl)cc3)S2)cc1. The molecule has 0 spiro atoms. The zero-order chi connectivity index (χ0) is 45.2. The average molecular weight is 988 g/mol. The topological polar surface area (TPSA) is 32.7 Å². The van der Waals surface area contributed by atoms with E-state index < -0.39 is 5.41 Å². The van der Waals surface area contributed by atoms with Gasteiger partial charge < -0.3 is 9.84 Å². The summed E-state index contributed by atoms with van der Waals surface area (Å²) >= 11 is 36.6. The first-order valence-electron chi connectivity index (χ1n) is 20.3. The van der Waals surface area contributed by atoms with E-state index in [4.69, 9.17) is 63.8 Å². The lowest BCUT2D eigenvalue weighted by Gasteiger charge is -2.28. The molecule has 7 rings (SSSR count). The highest BCUT2D eigenvalue weighted by atomic mass is 35.5. The fourth-order valence-corrected chi connectivity index (χ4v) is 12.7. The smallest absolute Gasteiger partial charge is 0.156 e. The minimum absolute atomic E-state index is 0.146. The van der Waals surface area contributed by atoms with Crippen molar-refractivity contribution in [3.8, 4) is 11.5 Å². The molecule has 0 saturated heterocycles. The van der Waals surface area contributed by atoms with E-state index in [1.54, 1.807) is 48.0 Å². The zero-order valence-corrected chi connectivity index (χ0v) is 42.2. The number of hydrogen-bond acceptors (Lipinski definition) is 7. The molecular weight excluding hydrogens is 941 g/mol. The number of phenolic OH excluding ortho intramolecular Hbond substituents is 1. The molecule has 0 saturated carbocycles. The zero-order valence-electron chi connectivity index (χ0n) is 35.8. The maximum Gasteiger partial charge on any atom is 0.156 e. The predicted molar refractivity (Wildman–Crippen MR) is 283 cm³/mol. The lowest BCUT2D eigenvalue weighted by molar-refractivity contribution is 0.311. The van der Waals surface area contributed by atoms with E-state index in [1.807, 2.05) is 32.1 Å². The van der Waals surface area contributed by atoms with Crippen LogP contribution in [0.1, 0.15) is 87.0 Å². The molecule has 11 heteroatoms. The molecule has 0 bridgehead atoms. The summed E-state index contributed by atoms with van der Waals surface area (Å²) in [5, 5.41) is 11.3. The predicted octanol–water partition coefficient (Wildman–Crippen LogP) is 17.8. The number of halogens is 4.